The standard InChI is InChI=1S/C20H24Cl2F2N4O2/c1-11-17(25)20(10-30-11)5-7-27(8-6-20)14-9-15(29)28(19(26-14)18(23)24)13-4-2-3-12(21)16(13)22/h2-4,9,11,15,17-18,29H,5-8,10,25H2,1H3/t11-,15?,17+/m0/s1. The highest BCUT2D eigenvalue weighted by Crippen LogP contribution is 2.42. The van der Waals surface area contributed by atoms with Gasteiger partial charge in [-0.15, -0.1) is 0 Å². The van der Waals surface area contributed by atoms with E-state index >= 15 is 0 Å². The lowest BCUT2D eigenvalue weighted by Gasteiger charge is -2.43. The van der Waals surface area contributed by atoms with Crippen molar-refractivity contribution in [3.05, 3.63) is 40.1 Å². The largest absolute Gasteiger partial charge is 0.376 e. The lowest BCUT2D eigenvalue weighted by atomic mass is 9.73. The van der Waals surface area contributed by atoms with Crippen molar-refractivity contribution in [1.82, 2.24) is 4.90 Å². The monoisotopic (exact) mass is 460 g/mol. The fourth-order valence-electron chi connectivity index (χ4n) is 4.48. The number of ether oxygens (including phenoxy) is 1. The number of benzene rings is 1. The molecule has 1 spiro atoms. The fourth-order valence-corrected chi connectivity index (χ4v) is 4.87. The third kappa shape index (κ3) is 3.69. The van der Waals surface area contributed by atoms with Gasteiger partial charge in [0.2, 0.25) is 0 Å². The number of nitrogens with two attached hydrogens (primary N) is 1. The van der Waals surface area contributed by atoms with Gasteiger partial charge in [-0.25, -0.2) is 13.8 Å². The molecule has 0 amide bonds. The van der Waals surface area contributed by atoms with Crippen LogP contribution in [0.4, 0.5) is 14.5 Å². The van der Waals surface area contributed by atoms with E-state index in [-0.39, 0.29) is 33.3 Å². The number of aliphatic imine (C=N–C) groups is 1. The molecule has 2 fully saturated rings. The molecule has 30 heavy (non-hydrogen) atoms. The number of alkyl halides is 2. The van der Waals surface area contributed by atoms with Crippen LogP contribution in [0.15, 0.2) is 35.1 Å². The molecule has 1 aromatic carbocycles. The van der Waals surface area contributed by atoms with E-state index in [9.17, 15) is 13.9 Å². The molecular weight excluding hydrogens is 437 g/mol. The first-order chi connectivity index (χ1) is 14.2. The van der Waals surface area contributed by atoms with E-state index in [4.69, 9.17) is 33.7 Å². The van der Waals surface area contributed by atoms with E-state index in [2.05, 4.69) is 4.99 Å². The highest BCUT2D eigenvalue weighted by atomic mass is 35.5. The molecule has 0 radical (unpaired) electrons. The van der Waals surface area contributed by atoms with Gasteiger partial charge in [-0.1, -0.05) is 29.3 Å². The van der Waals surface area contributed by atoms with E-state index < -0.39 is 18.5 Å². The predicted octanol–water partition coefficient (Wildman–Crippen LogP) is 3.47. The van der Waals surface area contributed by atoms with E-state index in [1.165, 1.54) is 12.1 Å². The van der Waals surface area contributed by atoms with Gasteiger partial charge in [-0.3, -0.25) is 4.90 Å². The van der Waals surface area contributed by atoms with Gasteiger partial charge in [0.05, 0.1) is 28.4 Å². The summed E-state index contributed by atoms with van der Waals surface area (Å²) in [5, 5.41) is 11.0. The second kappa shape index (κ2) is 8.24. The smallest absolute Gasteiger partial charge is 0.295 e. The zero-order valence-corrected chi connectivity index (χ0v) is 18.0. The molecule has 1 unspecified atom stereocenters. The molecule has 0 aromatic heterocycles. The first-order valence-electron chi connectivity index (χ1n) is 9.85. The number of hydrogen-bond donors (Lipinski definition) is 2. The van der Waals surface area contributed by atoms with Gasteiger partial charge in [0, 0.05) is 30.6 Å². The van der Waals surface area contributed by atoms with Crippen LogP contribution in [0.1, 0.15) is 19.8 Å². The summed E-state index contributed by atoms with van der Waals surface area (Å²) >= 11 is 12.2. The molecular formula is C20H24Cl2F2N4O2. The SMILES string of the molecule is C[C@@H]1OCC2(CCN(C3=CC(O)N(c4cccc(Cl)c4Cl)C(C(F)F)=N3)CC2)[C@@H]1N. The van der Waals surface area contributed by atoms with E-state index in [0.29, 0.717) is 25.5 Å². The van der Waals surface area contributed by atoms with Crippen LogP contribution in [0, 0.1) is 5.41 Å². The molecule has 6 nitrogen and oxygen atoms in total. The van der Waals surface area contributed by atoms with Crippen molar-refractivity contribution >= 4 is 34.7 Å². The predicted molar refractivity (Wildman–Crippen MR) is 113 cm³/mol. The number of rotatable bonds is 3. The molecule has 0 aliphatic carbocycles. The van der Waals surface area contributed by atoms with E-state index in [1.54, 1.807) is 12.1 Å². The average Bonchev–Trinajstić information content (AvgIpc) is 2.99. The number of likely N-dealkylation sites (tertiary alicyclic amines) is 1. The maximum Gasteiger partial charge on any atom is 0.295 e. The summed E-state index contributed by atoms with van der Waals surface area (Å²) in [6.07, 6.45) is -1.26. The van der Waals surface area contributed by atoms with Crippen LogP contribution in [-0.2, 0) is 4.74 Å². The maximum absolute atomic E-state index is 13.9. The number of piperidine rings is 1. The zero-order chi connectivity index (χ0) is 21.6. The van der Waals surface area contributed by atoms with Crippen molar-refractivity contribution in [2.45, 2.75) is 44.6 Å². The van der Waals surface area contributed by atoms with Gasteiger partial charge in [-0.2, -0.15) is 0 Å². The Hall–Kier alpha value is -1.45. The molecule has 3 aliphatic heterocycles. The molecule has 3 heterocycles. The first kappa shape index (κ1) is 21.8. The molecule has 1 aromatic rings. The van der Waals surface area contributed by atoms with Gasteiger partial charge >= 0.3 is 0 Å². The van der Waals surface area contributed by atoms with E-state index in [0.717, 1.165) is 17.7 Å². The third-order valence-corrected chi connectivity index (χ3v) is 7.16. The normalized spacial score (nSPS) is 28.9. The van der Waals surface area contributed by atoms with Gasteiger partial charge in [0.1, 0.15) is 5.82 Å². The molecule has 10 heteroatoms. The Balaban J connectivity index is 1.57. The molecule has 0 saturated carbocycles. The lowest BCUT2D eigenvalue weighted by Crippen LogP contribution is -2.51. The molecule has 0 bridgehead atoms. The molecule has 3 N–H and O–H groups in total. The Kier molecular flexibility index (Phi) is 5.98. The summed E-state index contributed by atoms with van der Waals surface area (Å²) in [5.74, 6) is -0.249. The Morgan fingerprint density at radius 3 is 2.60 bits per heavy atom. The number of nitrogens with zero attached hydrogens (tertiary/aromatic N) is 3. The summed E-state index contributed by atoms with van der Waals surface area (Å²) in [4.78, 5) is 7.10. The van der Waals surface area contributed by atoms with Crippen molar-refractivity contribution in [3.63, 3.8) is 0 Å². The van der Waals surface area contributed by atoms with Crippen LogP contribution in [0.3, 0.4) is 0 Å². The number of anilines is 1. The lowest BCUT2D eigenvalue weighted by molar-refractivity contribution is 0.0761. The minimum absolute atomic E-state index is 0.00623. The number of halogens is 4. The number of amidine groups is 1. The highest BCUT2D eigenvalue weighted by molar-refractivity contribution is 6.44. The van der Waals surface area contributed by atoms with Crippen LogP contribution in [0.25, 0.3) is 0 Å². The Morgan fingerprint density at radius 2 is 2.00 bits per heavy atom. The Bertz CT molecular complexity index is 874. The summed E-state index contributed by atoms with van der Waals surface area (Å²) in [5.41, 5.74) is 6.42. The summed E-state index contributed by atoms with van der Waals surface area (Å²) < 4.78 is 33.5. The molecule has 164 valence electrons. The van der Waals surface area contributed by atoms with E-state index in [1.807, 2.05) is 11.8 Å². The minimum atomic E-state index is -2.91. The van der Waals surface area contributed by atoms with Crippen molar-refractivity contribution in [2.75, 3.05) is 24.6 Å². The van der Waals surface area contributed by atoms with Crippen LogP contribution < -0.4 is 10.6 Å². The number of aliphatic hydroxyl groups excluding tert-OH is 1. The van der Waals surface area contributed by atoms with Gasteiger partial charge in [0.15, 0.2) is 12.1 Å². The number of aliphatic hydroxyl groups is 1. The minimum Gasteiger partial charge on any atom is -0.376 e. The van der Waals surface area contributed by atoms with Crippen LogP contribution in [0.5, 0.6) is 0 Å². The molecule has 4 rings (SSSR count). The zero-order valence-electron chi connectivity index (χ0n) is 16.4. The second-order valence-corrected chi connectivity index (χ2v) is 8.83. The van der Waals surface area contributed by atoms with Gasteiger partial charge < -0.3 is 20.5 Å². The number of hydrogen-bond acceptors (Lipinski definition) is 6. The Morgan fingerprint density at radius 1 is 1.30 bits per heavy atom. The summed E-state index contributed by atoms with van der Waals surface area (Å²) in [6.45, 7) is 3.78. The first-order valence-corrected chi connectivity index (χ1v) is 10.6. The maximum atomic E-state index is 13.9. The quantitative estimate of drug-likeness (QED) is 0.722. The molecule has 3 atom stereocenters. The fraction of sp³-hybridized carbons (Fsp3) is 0.550. The van der Waals surface area contributed by atoms with Crippen LogP contribution in [-0.4, -0.2) is 60.3 Å². The topological polar surface area (TPSA) is 74.3 Å². The van der Waals surface area contributed by atoms with Crippen LogP contribution in [0.2, 0.25) is 10.0 Å². The van der Waals surface area contributed by atoms with Crippen LogP contribution >= 0.6 is 23.2 Å². The van der Waals surface area contributed by atoms with Crippen molar-refractivity contribution in [1.29, 1.82) is 0 Å². The summed E-state index contributed by atoms with van der Waals surface area (Å²) in [6, 6.07) is 4.59. The average molecular weight is 461 g/mol. The summed E-state index contributed by atoms with van der Waals surface area (Å²) in [7, 11) is 0. The van der Waals surface area contributed by atoms with Crippen molar-refractivity contribution in [3.8, 4) is 0 Å². The highest BCUT2D eigenvalue weighted by Gasteiger charge is 2.48. The third-order valence-electron chi connectivity index (χ3n) is 6.35. The van der Waals surface area contributed by atoms with Crippen molar-refractivity contribution < 1.29 is 18.6 Å². The van der Waals surface area contributed by atoms with Gasteiger partial charge in [-0.05, 0) is 31.9 Å². The molecule has 3 aliphatic rings. The second-order valence-electron chi connectivity index (χ2n) is 8.04. The molecule has 2 saturated heterocycles. The van der Waals surface area contributed by atoms with Crippen molar-refractivity contribution in [2.24, 2.45) is 16.1 Å². The Labute approximate surface area is 183 Å². The van der Waals surface area contributed by atoms with Gasteiger partial charge in [0.25, 0.3) is 6.43 Å².